The first-order chi connectivity index (χ1) is 6.20. The van der Waals surface area contributed by atoms with Crippen LogP contribution >= 0.6 is 0 Å². The third-order valence-corrected chi connectivity index (χ3v) is 1.98. The number of halogens is 3. The van der Waals surface area contributed by atoms with Gasteiger partial charge in [-0.1, -0.05) is 20.8 Å². The molecule has 1 amide bonds. The maximum Gasteiger partial charge on any atom is 0.516 e. The lowest BCUT2D eigenvalue weighted by Crippen LogP contribution is -2.39. The van der Waals surface area contributed by atoms with E-state index in [1.807, 2.05) is 13.8 Å². The van der Waals surface area contributed by atoms with Gasteiger partial charge in [0.1, 0.15) is 0 Å². The smallest absolute Gasteiger partial charge is 0.274 e. The Morgan fingerprint density at radius 1 is 1.29 bits per heavy atom. The van der Waals surface area contributed by atoms with E-state index < -0.39 is 21.4 Å². The van der Waals surface area contributed by atoms with E-state index in [0.29, 0.717) is 0 Å². The van der Waals surface area contributed by atoms with Gasteiger partial charge in [-0.05, 0) is 0 Å². The number of amides is 1. The van der Waals surface area contributed by atoms with Crippen molar-refractivity contribution in [2.45, 2.75) is 32.7 Å². The Morgan fingerprint density at radius 3 is 1.86 bits per heavy atom. The maximum absolute atomic E-state index is 11.5. The summed E-state index contributed by atoms with van der Waals surface area (Å²) >= 11 is 0. The summed E-state index contributed by atoms with van der Waals surface area (Å²) in [5.41, 5.74) is -5.43. The second kappa shape index (κ2) is 5.84. The minimum atomic E-state index is -5.51. The Hall–Kier alpha value is -0.790. The zero-order valence-corrected chi connectivity index (χ0v) is 8.79. The van der Waals surface area contributed by atoms with Gasteiger partial charge in [-0.2, -0.15) is 21.6 Å². The number of hydrogen-bond acceptors (Lipinski definition) is 3. The molecule has 0 fully saturated rings. The van der Waals surface area contributed by atoms with Crippen molar-refractivity contribution in [3.8, 4) is 0 Å². The quantitative estimate of drug-likeness (QED) is 0.786. The Balaban J connectivity index is 0. The lowest BCUT2D eigenvalue weighted by molar-refractivity contribution is -0.119. The number of rotatable bonds is 2. The van der Waals surface area contributed by atoms with Gasteiger partial charge < -0.3 is 0 Å². The van der Waals surface area contributed by atoms with E-state index in [-0.39, 0.29) is 6.42 Å². The number of carbonyl (C=O) groups is 1. The van der Waals surface area contributed by atoms with Crippen LogP contribution in [0, 0.1) is 0 Å². The van der Waals surface area contributed by atoms with Crippen LogP contribution in [0.2, 0.25) is 0 Å². The van der Waals surface area contributed by atoms with Gasteiger partial charge in [-0.25, -0.2) is 4.72 Å². The average molecular weight is 235 g/mol. The molecule has 1 N–H and O–H groups in total. The zero-order valence-electron chi connectivity index (χ0n) is 7.97. The highest BCUT2D eigenvalue weighted by molar-refractivity contribution is 7.90. The first kappa shape index (κ1) is 15.7. The molecular weight excluding hydrogens is 223 g/mol. The lowest BCUT2D eigenvalue weighted by atomic mass is 10.5. The van der Waals surface area contributed by atoms with Crippen molar-refractivity contribution in [3.05, 3.63) is 0 Å². The highest BCUT2D eigenvalue weighted by atomic mass is 32.2. The summed E-state index contributed by atoms with van der Waals surface area (Å²) in [5.74, 6) is -1.19. The Kier molecular flexibility index (Phi) is 6.54. The Morgan fingerprint density at radius 2 is 1.64 bits per heavy atom. The van der Waals surface area contributed by atoms with Crippen molar-refractivity contribution >= 4 is 15.9 Å². The molecule has 0 heterocycles. The largest absolute Gasteiger partial charge is 0.516 e. The molecule has 0 bridgehead atoms. The Bertz CT molecular complexity index is 271. The van der Waals surface area contributed by atoms with Crippen molar-refractivity contribution in [1.29, 1.82) is 0 Å². The highest BCUT2D eigenvalue weighted by Crippen LogP contribution is 2.21. The molecule has 0 aliphatic rings. The zero-order chi connectivity index (χ0) is 12.0. The van der Waals surface area contributed by atoms with Gasteiger partial charge in [0, 0.05) is 6.42 Å². The molecule has 0 atom stereocenters. The van der Waals surface area contributed by atoms with Crippen molar-refractivity contribution in [3.63, 3.8) is 0 Å². The minimum absolute atomic E-state index is 0.324. The SMILES string of the molecule is CC.CCC(=O)NS(=O)(=O)C(F)(F)F. The summed E-state index contributed by atoms with van der Waals surface area (Å²) in [6.45, 7) is 5.24. The maximum atomic E-state index is 11.5. The van der Waals surface area contributed by atoms with E-state index in [4.69, 9.17) is 0 Å². The molecule has 0 aromatic heterocycles. The number of hydrogen-bond donors (Lipinski definition) is 1. The molecule has 0 radical (unpaired) electrons. The van der Waals surface area contributed by atoms with Crippen LogP contribution in [-0.4, -0.2) is 19.8 Å². The minimum Gasteiger partial charge on any atom is -0.274 e. The molecule has 14 heavy (non-hydrogen) atoms. The van der Waals surface area contributed by atoms with E-state index in [2.05, 4.69) is 0 Å². The molecule has 0 spiro atoms. The fraction of sp³-hybridized carbons (Fsp3) is 0.833. The molecule has 0 aromatic rings. The van der Waals surface area contributed by atoms with Crippen LogP contribution in [0.1, 0.15) is 27.2 Å². The second-order valence-corrected chi connectivity index (χ2v) is 3.50. The van der Waals surface area contributed by atoms with Crippen LogP contribution in [-0.2, 0) is 14.8 Å². The predicted octanol–water partition coefficient (Wildman–Crippen LogP) is 1.39. The molecule has 0 aliphatic carbocycles. The normalized spacial score (nSPS) is 11.3. The van der Waals surface area contributed by atoms with Gasteiger partial charge >= 0.3 is 15.5 Å². The second-order valence-electron chi connectivity index (χ2n) is 1.83. The highest BCUT2D eigenvalue weighted by Gasteiger charge is 2.46. The van der Waals surface area contributed by atoms with Crippen LogP contribution in [0.3, 0.4) is 0 Å². The van der Waals surface area contributed by atoms with Gasteiger partial charge in [0.05, 0.1) is 0 Å². The van der Waals surface area contributed by atoms with Crippen LogP contribution in [0.4, 0.5) is 13.2 Å². The molecule has 8 heteroatoms. The monoisotopic (exact) mass is 235 g/mol. The van der Waals surface area contributed by atoms with Crippen LogP contribution in [0.25, 0.3) is 0 Å². The van der Waals surface area contributed by atoms with Crippen molar-refractivity contribution < 1.29 is 26.4 Å². The first-order valence-electron chi connectivity index (χ1n) is 3.82. The Labute approximate surface area is 80.5 Å². The summed E-state index contributed by atoms with van der Waals surface area (Å²) in [6, 6.07) is 0. The van der Waals surface area contributed by atoms with Gasteiger partial charge in [-0.15, -0.1) is 0 Å². The van der Waals surface area contributed by atoms with Crippen molar-refractivity contribution in [2.24, 2.45) is 0 Å². The number of sulfonamides is 1. The van der Waals surface area contributed by atoms with E-state index in [1.54, 1.807) is 0 Å². The van der Waals surface area contributed by atoms with E-state index >= 15 is 0 Å². The van der Waals surface area contributed by atoms with Gasteiger partial charge in [0.25, 0.3) is 0 Å². The summed E-state index contributed by atoms with van der Waals surface area (Å²) in [4.78, 5) is 10.3. The molecule has 0 aromatic carbocycles. The fourth-order valence-electron chi connectivity index (χ4n) is 0.280. The third kappa shape index (κ3) is 5.05. The molecule has 4 nitrogen and oxygen atoms in total. The standard InChI is InChI=1S/C4H6F3NO3S.C2H6/c1-2-3(9)8-12(10,11)4(5,6)7;1-2/h2H2,1H3,(H,8,9);1-2H3. The van der Waals surface area contributed by atoms with Crippen LogP contribution in [0.15, 0.2) is 0 Å². The fourth-order valence-corrected chi connectivity index (χ4v) is 0.840. The van der Waals surface area contributed by atoms with Gasteiger partial charge in [0.15, 0.2) is 0 Å². The average Bonchev–Trinajstić information content (AvgIpc) is 2.05. The van der Waals surface area contributed by atoms with Crippen molar-refractivity contribution in [2.75, 3.05) is 0 Å². The molecule has 0 rings (SSSR count). The van der Waals surface area contributed by atoms with Crippen LogP contribution in [0.5, 0.6) is 0 Å². The molecule has 0 unspecified atom stereocenters. The summed E-state index contributed by atoms with van der Waals surface area (Å²) in [6.07, 6.45) is -0.324. The van der Waals surface area contributed by atoms with Gasteiger partial charge in [0.2, 0.25) is 5.91 Å². The lowest BCUT2D eigenvalue weighted by Gasteiger charge is -2.07. The third-order valence-electron chi connectivity index (χ3n) is 0.874. The molecule has 0 saturated heterocycles. The summed E-state index contributed by atoms with van der Waals surface area (Å²) in [5, 5.41) is 0. The van der Waals surface area contributed by atoms with E-state index in [9.17, 15) is 26.4 Å². The topological polar surface area (TPSA) is 63.2 Å². The number of nitrogens with one attached hydrogen (secondary N) is 1. The molecular formula is C6H12F3NO3S. The summed E-state index contributed by atoms with van der Waals surface area (Å²) < 4.78 is 55.8. The predicted molar refractivity (Wildman–Crippen MR) is 44.8 cm³/mol. The number of alkyl halides is 3. The van der Waals surface area contributed by atoms with Crippen molar-refractivity contribution in [1.82, 2.24) is 4.72 Å². The van der Waals surface area contributed by atoms with E-state index in [1.165, 1.54) is 6.92 Å². The molecule has 86 valence electrons. The van der Waals surface area contributed by atoms with Gasteiger partial charge in [-0.3, -0.25) is 4.79 Å². The number of carbonyl (C=O) groups excluding carboxylic acids is 1. The summed E-state index contributed by atoms with van der Waals surface area (Å²) in [7, 11) is -5.51. The molecule has 0 saturated carbocycles. The van der Waals surface area contributed by atoms with E-state index in [0.717, 1.165) is 4.72 Å². The first-order valence-corrected chi connectivity index (χ1v) is 5.31. The van der Waals surface area contributed by atoms with Crippen LogP contribution < -0.4 is 4.72 Å². The molecule has 0 aliphatic heterocycles.